The first-order valence-electron chi connectivity index (χ1n) is 3.91. The van der Waals surface area contributed by atoms with E-state index in [0.717, 1.165) is 0 Å². The molecule has 0 aliphatic carbocycles. The van der Waals surface area contributed by atoms with Gasteiger partial charge in [0.05, 0.1) is 19.8 Å². The molecule has 90 valence electrons. The molecule has 0 aliphatic heterocycles. The molecular formula is C6H12O7S2. The number of aliphatic carboxylic acids is 1. The van der Waals surface area contributed by atoms with Gasteiger partial charge in [-0.3, -0.25) is 4.55 Å². The second kappa shape index (κ2) is 7.88. The lowest BCUT2D eigenvalue weighted by molar-refractivity contribution is -0.142. The Kier molecular flexibility index (Phi) is 7.70. The first kappa shape index (κ1) is 14.6. The average molecular weight is 260 g/mol. The number of hydrogen-bond acceptors (Lipinski definition) is 6. The monoisotopic (exact) mass is 260 g/mol. The second-order valence-corrected chi connectivity index (χ2v) is 5.78. The number of rotatable bonds is 9. The molecule has 0 saturated carbocycles. The second-order valence-electron chi connectivity index (χ2n) is 2.31. The number of carboxylic acid groups (broad SMARTS) is 1. The summed E-state index contributed by atoms with van der Waals surface area (Å²) in [5.41, 5.74) is 0. The number of carboxylic acids is 1. The largest absolute Gasteiger partial charge is 0.480 e. The van der Waals surface area contributed by atoms with Crippen LogP contribution in [0.1, 0.15) is 0 Å². The van der Waals surface area contributed by atoms with Crippen LogP contribution in [-0.2, 0) is 23.4 Å². The van der Waals surface area contributed by atoms with Gasteiger partial charge in [-0.2, -0.15) is 8.42 Å². The minimum absolute atomic E-state index is 0.109. The summed E-state index contributed by atoms with van der Waals surface area (Å²) in [7, 11) is -3.63. The zero-order valence-corrected chi connectivity index (χ0v) is 9.42. The molecule has 0 rings (SSSR count). The Morgan fingerprint density at radius 1 is 1.20 bits per heavy atom. The Hall–Kier alpha value is -0.350. The number of ether oxygens (including phenoxy) is 2. The molecule has 0 aromatic rings. The molecule has 0 unspecified atom stereocenters. The molecule has 2 N–H and O–H groups in total. The van der Waals surface area contributed by atoms with Crippen LogP contribution >= 0.6 is 10.8 Å². The average Bonchev–Trinajstić information content (AvgIpc) is 2.07. The van der Waals surface area contributed by atoms with E-state index < -0.39 is 15.1 Å². The maximum Gasteiger partial charge on any atom is 0.329 e. The van der Waals surface area contributed by atoms with Crippen molar-refractivity contribution in [2.24, 2.45) is 0 Å². The Bertz CT molecular complexity index is 273. The molecule has 0 spiro atoms. The molecule has 0 fully saturated rings. The highest BCUT2D eigenvalue weighted by atomic mass is 33.1. The normalized spacial score (nSPS) is 11.5. The molecule has 0 atom stereocenters. The van der Waals surface area contributed by atoms with Gasteiger partial charge >= 0.3 is 15.1 Å². The summed E-state index contributed by atoms with van der Waals surface area (Å²) >= 11 is 0. The summed E-state index contributed by atoms with van der Waals surface area (Å²) in [6.45, 7) is 0.0617. The molecule has 0 bridgehead atoms. The van der Waals surface area contributed by atoms with E-state index in [2.05, 4.69) is 4.74 Å². The van der Waals surface area contributed by atoms with Gasteiger partial charge in [-0.05, 0) is 10.8 Å². The predicted octanol–water partition coefficient (Wildman–Crippen LogP) is -0.360. The topological polar surface area (TPSA) is 110 Å². The highest BCUT2D eigenvalue weighted by molar-refractivity contribution is 8.69. The summed E-state index contributed by atoms with van der Waals surface area (Å²) in [6.07, 6.45) is 0. The van der Waals surface area contributed by atoms with Crippen LogP contribution in [0, 0.1) is 0 Å². The summed E-state index contributed by atoms with van der Waals surface area (Å²) in [5, 5.41) is 8.18. The molecular weight excluding hydrogens is 248 g/mol. The maximum atomic E-state index is 10.2. The van der Waals surface area contributed by atoms with Gasteiger partial charge in [0.15, 0.2) is 0 Å². The fourth-order valence-electron chi connectivity index (χ4n) is 0.578. The lowest BCUT2D eigenvalue weighted by Crippen LogP contribution is -2.12. The van der Waals surface area contributed by atoms with E-state index in [4.69, 9.17) is 14.4 Å². The molecule has 9 heteroatoms. The van der Waals surface area contributed by atoms with E-state index in [1.807, 2.05) is 0 Å². The molecule has 0 radical (unpaired) electrons. The highest BCUT2D eigenvalue weighted by Gasteiger charge is 2.03. The molecule has 0 aliphatic rings. The quantitative estimate of drug-likeness (QED) is 0.328. The van der Waals surface area contributed by atoms with Crippen molar-refractivity contribution in [2.45, 2.75) is 0 Å². The fourth-order valence-corrected chi connectivity index (χ4v) is 1.81. The summed E-state index contributed by atoms with van der Waals surface area (Å²) in [5.74, 6) is -0.950. The standard InChI is InChI=1S/C6H12O7S2/c7-6(8)5-13-2-1-12-3-4-14-15(9,10)11/h1-5H2,(H,7,8)(H,9,10,11). The van der Waals surface area contributed by atoms with Gasteiger partial charge in [0.25, 0.3) is 0 Å². The minimum Gasteiger partial charge on any atom is -0.480 e. The van der Waals surface area contributed by atoms with Gasteiger partial charge in [-0.25, -0.2) is 4.79 Å². The Morgan fingerprint density at radius 2 is 1.80 bits per heavy atom. The molecule has 0 aromatic heterocycles. The summed E-state index contributed by atoms with van der Waals surface area (Å²) in [4.78, 5) is 9.98. The highest BCUT2D eigenvalue weighted by Crippen LogP contribution is 2.07. The van der Waals surface area contributed by atoms with Crippen LogP contribution in [0.3, 0.4) is 0 Å². The van der Waals surface area contributed by atoms with Crippen molar-refractivity contribution in [3.05, 3.63) is 0 Å². The fraction of sp³-hybridized carbons (Fsp3) is 0.833. The zero-order valence-electron chi connectivity index (χ0n) is 7.79. The Labute approximate surface area is 90.9 Å². The molecule has 0 aromatic carbocycles. The van der Waals surface area contributed by atoms with E-state index in [0.29, 0.717) is 10.8 Å². The smallest absolute Gasteiger partial charge is 0.329 e. The van der Waals surface area contributed by atoms with Crippen LogP contribution in [0.25, 0.3) is 0 Å². The van der Waals surface area contributed by atoms with E-state index in [1.165, 1.54) is 0 Å². The van der Waals surface area contributed by atoms with E-state index in [1.54, 1.807) is 0 Å². The van der Waals surface area contributed by atoms with Crippen molar-refractivity contribution in [3.8, 4) is 0 Å². The van der Waals surface area contributed by atoms with E-state index in [-0.39, 0.29) is 32.2 Å². The maximum absolute atomic E-state index is 10.2. The number of hydrogen-bond donors (Lipinski definition) is 2. The third-order valence-corrected chi connectivity index (χ3v) is 3.08. The Balaban J connectivity index is 3.16. The van der Waals surface area contributed by atoms with E-state index >= 15 is 0 Å². The minimum atomic E-state index is -4.01. The number of carbonyl (C=O) groups is 1. The molecule has 0 saturated heterocycles. The van der Waals surface area contributed by atoms with Gasteiger partial charge < -0.3 is 14.6 Å². The van der Waals surface area contributed by atoms with Crippen LogP contribution in [-0.4, -0.2) is 56.2 Å². The van der Waals surface area contributed by atoms with Crippen molar-refractivity contribution in [2.75, 3.05) is 32.2 Å². The van der Waals surface area contributed by atoms with Gasteiger partial charge in [0, 0.05) is 5.75 Å². The molecule has 15 heavy (non-hydrogen) atoms. The SMILES string of the molecule is O=C(O)COCCOCCSS(=O)(=O)O. The van der Waals surface area contributed by atoms with Crippen LogP contribution in [0.4, 0.5) is 0 Å². The van der Waals surface area contributed by atoms with Crippen molar-refractivity contribution in [1.82, 2.24) is 0 Å². The van der Waals surface area contributed by atoms with Gasteiger partial charge in [-0.15, -0.1) is 0 Å². The zero-order chi connectivity index (χ0) is 11.7. The van der Waals surface area contributed by atoms with Crippen LogP contribution < -0.4 is 0 Å². The van der Waals surface area contributed by atoms with Crippen molar-refractivity contribution in [1.29, 1.82) is 0 Å². The third-order valence-electron chi connectivity index (χ3n) is 1.06. The molecule has 0 heterocycles. The van der Waals surface area contributed by atoms with Gasteiger partial charge in [0.1, 0.15) is 6.61 Å². The van der Waals surface area contributed by atoms with Crippen molar-refractivity contribution < 1.29 is 32.3 Å². The van der Waals surface area contributed by atoms with Crippen LogP contribution in [0.2, 0.25) is 0 Å². The lowest BCUT2D eigenvalue weighted by Gasteiger charge is -2.02. The third kappa shape index (κ3) is 13.7. The summed E-state index contributed by atoms with van der Waals surface area (Å²) in [6, 6.07) is 0. The first-order valence-corrected chi connectivity index (χ1v) is 6.85. The first-order chi connectivity index (χ1) is 6.92. The Morgan fingerprint density at radius 3 is 2.33 bits per heavy atom. The van der Waals surface area contributed by atoms with Crippen molar-refractivity contribution in [3.63, 3.8) is 0 Å². The molecule has 7 nitrogen and oxygen atoms in total. The summed E-state index contributed by atoms with van der Waals surface area (Å²) < 4.78 is 38.3. The van der Waals surface area contributed by atoms with E-state index in [9.17, 15) is 13.2 Å². The molecule has 0 amide bonds. The van der Waals surface area contributed by atoms with Crippen LogP contribution in [0.5, 0.6) is 0 Å². The van der Waals surface area contributed by atoms with Crippen LogP contribution in [0.15, 0.2) is 0 Å². The van der Waals surface area contributed by atoms with Crippen molar-refractivity contribution >= 4 is 25.9 Å². The predicted molar refractivity (Wildman–Crippen MR) is 53.3 cm³/mol. The van der Waals surface area contributed by atoms with Gasteiger partial charge in [-0.1, -0.05) is 0 Å². The lowest BCUT2D eigenvalue weighted by atomic mass is 10.7. The van der Waals surface area contributed by atoms with Gasteiger partial charge in [0.2, 0.25) is 0 Å².